The first-order valence-electron chi connectivity index (χ1n) is 28.0. The molecule has 0 aromatic rings. The van der Waals surface area contributed by atoms with Crippen molar-refractivity contribution in [2.24, 2.45) is 0 Å². The van der Waals surface area contributed by atoms with E-state index in [1.54, 1.807) is 0 Å². The third kappa shape index (κ3) is 49.4. The van der Waals surface area contributed by atoms with E-state index in [9.17, 15) is 14.4 Å². The van der Waals surface area contributed by atoms with E-state index in [0.29, 0.717) is 19.3 Å². The highest BCUT2D eigenvalue weighted by Crippen LogP contribution is 2.17. The van der Waals surface area contributed by atoms with Crippen LogP contribution in [-0.4, -0.2) is 37.2 Å². The molecule has 0 heterocycles. The van der Waals surface area contributed by atoms with Crippen molar-refractivity contribution in [2.45, 2.75) is 329 Å². The average Bonchev–Trinajstić information content (AvgIpc) is 3.27. The van der Waals surface area contributed by atoms with Crippen LogP contribution in [-0.2, 0) is 28.6 Å². The van der Waals surface area contributed by atoms with E-state index in [2.05, 4.69) is 20.8 Å². The molecule has 0 aliphatic carbocycles. The summed E-state index contributed by atoms with van der Waals surface area (Å²) in [6.07, 6.45) is 56.6. The van der Waals surface area contributed by atoms with Gasteiger partial charge in [0.1, 0.15) is 13.2 Å². The molecule has 6 heteroatoms. The number of carbonyl (C=O) groups is 3. The van der Waals surface area contributed by atoms with E-state index in [4.69, 9.17) is 14.2 Å². The number of hydrogen-bond acceptors (Lipinski definition) is 6. The van der Waals surface area contributed by atoms with Crippen LogP contribution in [0.2, 0.25) is 0 Å². The highest BCUT2D eigenvalue weighted by atomic mass is 16.6. The molecule has 0 radical (unpaired) electrons. The number of rotatable bonds is 52. The number of hydrogen-bond donors (Lipinski definition) is 0. The van der Waals surface area contributed by atoms with Crippen molar-refractivity contribution >= 4 is 17.9 Å². The smallest absolute Gasteiger partial charge is 0.306 e. The molecule has 0 saturated carbocycles. The summed E-state index contributed by atoms with van der Waals surface area (Å²) < 4.78 is 16.9. The summed E-state index contributed by atoms with van der Waals surface area (Å²) in [5, 5.41) is 0. The Balaban J connectivity index is 4.26. The molecule has 0 rings (SSSR count). The Bertz CT molecular complexity index is 920. The third-order valence-corrected chi connectivity index (χ3v) is 12.9. The summed E-state index contributed by atoms with van der Waals surface area (Å²) in [7, 11) is 0. The van der Waals surface area contributed by atoms with Crippen LogP contribution in [0.1, 0.15) is 323 Å². The first kappa shape index (κ1) is 60.4. The quantitative estimate of drug-likeness (QED) is 0.0344. The topological polar surface area (TPSA) is 78.9 Å². The molecule has 0 unspecified atom stereocenters. The van der Waals surface area contributed by atoms with Crippen LogP contribution in [0.25, 0.3) is 0 Å². The third-order valence-electron chi connectivity index (χ3n) is 12.9. The van der Waals surface area contributed by atoms with Gasteiger partial charge < -0.3 is 14.2 Å². The monoisotopic (exact) mass is 877 g/mol. The average molecular weight is 877 g/mol. The summed E-state index contributed by atoms with van der Waals surface area (Å²) in [5.41, 5.74) is 0. The van der Waals surface area contributed by atoms with Gasteiger partial charge in [-0.1, -0.05) is 284 Å². The van der Waals surface area contributed by atoms with Crippen molar-refractivity contribution in [1.29, 1.82) is 0 Å². The fraction of sp³-hybridized carbons (Fsp3) is 0.946. The number of ether oxygens (including phenoxy) is 3. The van der Waals surface area contributed by atoms with Gasteiger partial charge in [-0.25, -0.2) is 0 Å². The van der Waals surface area contributed by atoms with Gasteiger partial charge in [0.2, 0.25) is 0 Å². The lowest BCUT2D eigenvalue weighted by Gasteiger charge is -2.18. The second-order valence-corrected chi connectivity index (χ2v) is 19.2. The van der Waals surface area contributed by atoms with E-state index >= 15 is 0 Å². The molecular weight excluding hydrogens is 769 g/mol. The maximum atomic E-state index is 12.8. The second kappa shape index (κ2) is 52.0. The SMILES string of the molecule is CCCCCCCCCCCCCCCCCCCC(=O)OC[C@@H](COC(=O)CCCCCCCCCCCCCCCCC)OC(=O)CCCCCCCCCCCCCC. The van der Waals surface area contributed by atoms with Crippen LogP contribution >= 0.6 is 0 Å². The summed E-state index contributed by atoms with van der Waals surface area (Å²) in [6.45, 7) is 6.70. The Kier molecular flexibility index (Phi) is 50.7. The van der Waals surface area contributed by atoms with Crippen LogP contribution in [0.5, 0.6) is 0 Å². The maximum absolute atomic E-state index is 12.8. The minimum atomic E-state index is -0.760. The van der Waals surface area contributed by atoms with Gasteiger partial charge in [0.15, 0.2) is 6.10 Å². The molecule has 0 aromatic heterocycles. The molecule has 0 aliphatic heterocycles. The molecule has 0 aromatic carbocycles. The molecule has 62 heavy (non-hydrogen) atoms. The van der Waals surface area contributed by atoms with Gasteiger partial charge in [-0.3, -0.25) is 14.4 Å². The Labute approximate surface area is 387 Å². The molecule has 368 valence electrons. The van der Waals surface area contributed by atoms with E-state index < -0.39 is 6.10 Å². The van der Waals surface area contributed by atoms with Gasteiger partial charge in [0.05, 0.1) is 0 Å². The fourth-order valence-corrected chi connectivity index (χ4v) is 8.62. The molecule has 0 bridgehead atoms. The minimum absolute atomic E-state index is 0.0613. The molecule has 6 nitrogen and oxygen atoms in total. The predicted molar refractivity (Wildman–Crippen MR) is 266 cm³/mol. The van der Waals surface area contributed by atoms with Crippen molar-refractivity contribution in [3.8, 4) is 0 Å². The van der Waals surface area contributed by atoms with Crippen molar-refractivity contribution in [2.75, 3.05) is 13.2 Å². The molecule has 0 fully saturated rings. The van der Waals surface area contributed by atoms with Gasteiger partial charge in [-0.15, -0.1) is 0 Å². The Hall–Kier alpha value is -1.59. The molecule has 0 spiro atoms. The zero-order valence-corrected chi connectivity index (χ0v) is 42.2. The van der Waals surface area contributed by atoms with Gasteiger partial charge >= 0.3 is 17.9 Å². The molecule has 0 amide bonds. The van der Waals surface area contributed by atoms with Crippen LogP contribution in [0.15, 0.2) is 0 Å². The van der Waals surface area contributed by atoms with Gasteiger partial charge in [-0.05, 0) is 19.3 Å². The molecular formula is C56H108O6. The largest absolute Gasteiger partial charge is 0.462 e. The first-order valence-corrected chi connectivity index (χ1v) is 28.0. The van der Waals surface area contributed by atoms with Crippen LogP contribution < -0.4 is 0 Å². The molecule has 0 N–H and O–H groups in total. The highest BCUT2D eigenvalue weighted by Gasteiger charge is 2.19. The van der Waals surface area contributed by atoms with E-state index in [-0.39, 0.29) is 31.1 Å². The van der Waals surface area contributed by atoms with E-state index in [1.165, 1.54) is 225 Å². The minimum Gasteiger partial charge on any atom is -0.462 e. The van der Waals surface area contributed by atoms with Gasteiger partial charge in [-0.2, -0.15) is 0 Å². The van der Waals surface area contributed by atoms with Crippen LogP contribution in [0, 0.1) is 0 Å². The predicted octanol–water partition coefficient (Wildman–Crippen LogP) is 18.4. The standard InChI is InChI=1S/C56H108O6/c1-4-7-10-13-16-19-22-25-27-28-30-32-35-37-40-43-46-49-55(58)61-52-53(62-56(59)50-47-44-41-38-33-24-21-18-15-12-9-6-3)51-60-54(57)48-45-42-39-36-34-31-29-26-23-20-17-14-11-8-5-2/h53H,4-52H2,1-3H3/t53-/m1/s1. The van der Waals surface area contributed by atoms with Gasteiger partial charge in [0.25, 0.3) is 0 Å². The van der Waals surface area contributed by atoms with E-state index in [1.807, 2.05) is 0 Å². The molecule has 0 saturated heterocycles. The lowest BCUT2D eigenvalue weighted by Crippen LogP contribution is -2.30. The van der Waals surface area contributed by atoms with Crippen molar-refractivity contribution < 1.29 is 28.6 Å². The lowest BCUT2D eigenvalue weighted by atomic mass is 10.0. The fourth-order valence-electron chi connectivity index (χ4n) is 8.62. The second-order valence-electron chi connectivity index (χ2n) is 19.2. The molecule has 0 aliphatic rings. The summed E-state index contributed by atoms with van der Waals surface area (Å²) >= 11 is 0. The summed E-state index contributed by atoms with van der Waals surface area (Å²) in [4.78, 5) is 38.0. The summed E-state index contributed by atoms with van der Waals surface area (Å²) in [5.74, 6) is -0.835. The normalized spacial score (nSPS) is 11.9. The van der Waals surface area contributed by atoms with Crippen LogP contribution in [0.3, 0.4) is 0 Å². The van der Waals surface area contributed by atoms with Crippen molar-refractivity contribution in [3.05, 3.63) is 0 Å². The van der Waals surface area contributed by atoms with Crippen molar-refractivity contribution in [3.63, 3.8) is 0 Å². The Morgan fingerprint density at radius 3 is 0.645 bits per heavy atom. The van der Waals surface area contributed by atoms with Gasteiger partial charge in [0, 0.05) is 19.3 Å². The number of carbonyl (C=O) groups excluding carboxylic acids is 3. The lowest BCUT2D eigenvalue weighted by molar-refractivity contribution is -0.167. The molecule has 1 atom stereocenters. The zero-order valence-electron chi connectivity index (χ0n) is 42.2. The Morgan fingerprint density at radius 1 is 0.258 bits per heavy atom. The maximum Gasteiger partial charge on any atom is 0.306 e. The summed E-state index contributed by atoms with van der Waals surface area (Å²) in [6, 6.07) is 0. The highest BCUT2D eigenvalue weighted by molar-refractivity contribution is 5.71. The zero-order chi connectivity index (χ0) is 45.1. The first-order chi connectivity index (χ1) is 30.5. The van der Waals surface area contributed by atoms with Crippen LogP contribution in [0.4, 0.5) is 0 Å². The Morgan fingerprint density at radius 2 is 0.435 bits per heavy atom. The number of esters is 3. The van der Waals surface area contributed by atoms with E-state index in [0.717, 1.165) is 57.8 Å². The van der Waals surface area contributed by atoms with Crippen molar-refractivity contribution in [1.82, 2.24) is 0 Å². The number of unbranched alkanes of at least 4 members (excludes halogenated alkanes) is 41.